The molecule has 0 aliphatic rings. The molecule has 4 N–H and O–H groups in total. The topological polar surface area (TPSA) is 110 Å². The van der Waals surface area contributed by atoms with Gasteiger partial charge in [-0.2, -0.15) is 8.78 Å². The lowest BCUT2D eigenvalue weighted by Gasteiger charge is -2.14. The number of pyridine rings is 1. The third-order valence-corrected chi connectivity index (χ3v) is 2.03. The van der Waals surface area contributed by atoms with Gasteiger partial charge in [-0.3, -0.25) is 9.36 Å². The molecule has 1 atom stereocenters. The molecule has 0 saturated heterocycles. The van der Waals surface area contributed by atoms with Crippen LogP contribution in [0.25, 0.3) is 0 Å². The van der Waals surface area contributed by atoms with Gasteiger partial charge in [0.2, 0.25) is 0 Å². The Morgan fingerprint density at radius 2 is 2.16 bits per heavy atom. The summed E-state index contributed by atoms with van der Waals surface area (Å²) in [5.74, 6) is -0.361. The number of amides is 1. The summed E-state index contributed by atoms with van der Waals surface area (Å²) in [7, 11) is 0. The van der Waals surface area contributed by atoms with E-state index < -0.39 is 24.3 Å². The molecule has 106 valence electrons. The molecular formula is C10H13F2N3O4. The molecule has 0 aliphatic carbocycles. The molecule has 1 unspecified atom stereocenters. The van der Waals surface area contributed by atoms with E-state index in [0.717, 1.165) is 12.3 Å². The number of aromatic nitrogens is 1. The predicted octanol–water partition coefficient (Wildman–Crippen LogP) is 0.688. The van der Waals surface area contributed by atoms with Crippen LogP contribution in [-0.4, -0.2) is 23.4 Å². The number of carbonyl (C=O) groups excluding carboxylic acids is 1. The van der Waals surface area contributed by atoms with Crippen molar-refractivity contribution in [2.45, 2.75) is 19.6 Å². The maximum absolute atomic E-state index is 12.5. The zero-order valence-corrected chi connectivity index (χ0v) is 10.0. The van der Waals surface area contributed by atoms with Crippen LogP contribution >= 0.6 is 0 Å². The van der Waals surface area contributed by atoms with Crippen LogP contribution in [0, 0.1) is 0 Å². The van der Waals surface area contributed by atoms with Crippen molar-refractivity contribution in [3.63, 3.8) is 0 Å². The Balaban J connectivity index is 2.84. The number of anilines is 1. The number of ether oxygens (including phenoxy) is 2. The Bertz CT molecular complexity index is 518. The molecule has 0 bridgehead atoms. The maximum atomic E-state index is 12.5. The highest BCUT2D eigenvalue weighted by molar-refractivity contribution is 5.64. The third-order valence-electron chi connectivity index (χ3n) is 2.03. The van der Waals surface area contributed by atoms with Crippen molar-refractivity contribution in [1.82, 2.24) is 4.57 Å². The summed E-state index contributed by atoms with van der Waals surface area (Å²) < 4.78 is 34.7. The van der Waals surface area contributed by atoms with Gasteiger partial charge in [-0.25, -0.2) is 4.79 Å². The van der Waals surface area contributed by atoms with Gasteiger partial charge in [0.1, 0.15) is 12.7 Å². The van der Waals surface area contributed by atoms with Crippen molar-refractivity contribution in [3.8, 4) is 5.75 Å². The normalized spacial score (nSPS) is 12.2. The van der Waals surface area contributed by atoms with E-state index in [-0.39, 0.29) is 22.6 Å². The zero-order valence-electron chi connectivity index (χ0n) is 10.0. The molecule has 0 saturated carbocycles. The molecule has 7 nitrogen and oxygen atoms in total. The molecule has 0 spiro atoms. The fourth-order valence-electron chi connectivity index (χ4n) is 1.28. The number of carbonyl (C=O) groups is 1. The van der Waals surface area contributed by atoms with Crippen LogP contribution in [-0.2, 0) is 4.74 Å². The lowest BCUT2D eigenvalue weighted by molar-refractivity contribution is 0.0627. The van der Waals surface area contributed by atoms with Crippen LogP contribution in [0.15, 0.2) is 17.1 Å². The first kappa shape index (κ1) is 14.7. The minimum absolute atomic E-state index is 0.0571. The van der Waals surface area contributed by atoms with E-state index in [9.17, 15) is 18.4 Å². The second-order valence-electron chi connectivity index (χ2n) is 3.69. The molecule has 9 heteroatoms. The first-order chi connectivity index (χ1) is 8.81. The monoisotopic (exact) mass is 277 g/mol. The molecule has 1 amide bonds. The van der Waals surface area contributed by atoms with E-state index in [1.807, 2.05) is 0 Å². The van der Waals surface area contributed by atoms with Crippen molar-refractivity contribution in [2.24, 2.45) is 5.73 Å². The van der Waals surface area contributed by atoms with E-state index in [2.05, 4.69) is 4.74 Å². The zero-order chi connectivity index (χ0) is 14.6. The van der Waals surface area contributed by atoms with Crippen LogP contribution in [0.3, 0.4) is 0 Å². The van der Waals surface area contributed by atoms with Gasteiger partial charge in [-0.1, -0.05) is 0 Å². The summed E-state index contributed by atoms with van der Waals surface area (Å²) in [5.41, 5.74) is 9.06. The average molecular weight is 277 g/mol. The third kappa shape index (κ3) is 4.12. The molecule has 1 heterocycles. The second kappa shape index (κ2) is 6.03. The van der Waals surface area contributed by atoms with Gasteiger partial charge in [-0.05, 0) is 6.92 Å². The van der Waals surface area contributed by atoms with Crippen molar-refractivity contribution >= 4 is 11.8 Å². The van der Waals surface area contributed by atoms with Crippen molar-refractivity contribution in [1.29, 1.82) is 0 Å². The highest BCUT2D eigenvalue weighted by Crippen LogP contribution is 2.15. The Morgan fingerprint density at radius 3 is 2.68 bits per heavy atom. The van der Waals surface area contributed by atoms with Crippen LogP contribution in [0.5, 0.6) is 5.75 Å². The van der Waals surface area contributed by atoms with Crippen molar-refractivity contribution in [3.05, 3.63) is 22.6 Å². The highest BCUT2D eigenvalue weighted by atomic mass is 19.3. The molecule has 0 radical (unpaired) electrons. The molecule has 1 rings (SSSR count). The Labute approximate surface area is 106 Å². The number of nitrogen functional groups attached to an aromatic ring is 1. The van der Waals surface area contributed by atoms with Crippen molar-refractivity contribution in [2.75, 3.05) is 12.3 Å². The minimum atomic E-state index is -3.03. The van der Waals surface area contributed by atoms with Crippen molar-refractivity contribution < 1.29 is 23.0 Å². The van der Waals surface area contributed by atoms with Crippen LogP contribution < -0.4 is 21.8 Å². The molecule has 0 aliphatic heterocycles. The fraction of sp³-hybridized carbons (Fsp3) is 0.400. The number of hydrogen-bond acceptors (Lipinski definition) is 5. The molecule has 1 aromatic heterocycles. The van der Waals surface area contributed by atoms with E-state index in [1.54, 1.807) is 0 Å². The Hall–Kier alpha value is -2.32. The van der Waals surface area contributed by atoms with Crippen LogP contribution in [0.2, 0.25) is 0 Å². The summed E-state index contributed by atoms with van der Waals surface area (Å²) >= 11 is 0. The molecule has 1 aromatic rings. The van der Waals surface area contributed by atoms with Gasteiger partial charge < -0.3 is 20.9 Å². The quantitative estimate of drug-likeness (QED) is 0.822. The van der Waals surface area contributed by atoms with E-state index in [4.69, 9.17) is 16.2 Å². The number of halogens is 2. The lowest BCUT2D eigenvalue weighted by Crippen LogP contribution is -2.28. The minimum Gasteiger partial charge on any atom is -0.484 e. The van der Waals surface area contributed by atoms with Gasteiger partial charge in [0.15, 0.2) is 5.75 Å². The summed E-state index contributed by atoms with van der Waals surface area (Å²) in [5, 5.41) is 0. The summed E-state index contributed by atoms with van der Waals surface area (Å²) in [6.07, 6.45) is -0.935. The maximum Gasteiger partial charge on any atom is 0.404 e. The number of nitrogens with zero attached hydrogens (tertiary/aromatic N) is 1. The molecule has 0 aromatic carbocycles. The summed E-state index contributed by atoms with van der Waals surface area (Å²) in [6.45, 7) is -1.79. The average Bonchev–Trinajstić information content (AvgIpc) is 2.28. The number of hydrogen-bond donors (Lipinski definition) is 2. The number of nitrogens with two attached hydrogens (primary N) is 2. The second-order valence-corrected chi connectivity index (χ2v) is 3.69. The van der Waals surface area contributed by atoms with Gasteiger partial charge in [-0.15, -0.1) is 0 Å². The van der Waals surface area contributed by atoms with E-state index in [1.165, 1.54) is 6.92 Å². The smallest absolute Gasteiger partial charge is 0.404 e. The number of alkyl halides is 2. The van der Waals surface area contributed by atoms with Crippen LogP contribution in [0.4, 0.5) is 19.3 Å². The first-order valence-corrected chi connectivity index (χ1v) is 5.20. The number of primary amides is 1. The van der Waals surface area contributed by atoms with Gasteiger partial charge in [0, 0.05) is 12.3 Å². The fourth-order valence-corrected chi connectivity index (χ4v) is 1.28. The summed E-state index contributed by atoms with van der Waals surface area (Å²) in [6, 6.07) is 1.11. The van der Waals surface area contributed by atoms with Gasteiger partial charge in [0.25, 0.3) is 5.56 Å². The Morgan fingerprint density at radius 1 is 1.53 bits per heavy atom. The number of rotatable bonds is 5. The largest absolute Gasteiger partial charge is 0.484 e. The molecule has 0 fully saturated rings. The first-order valence-electron chi connectivity index (χ1n) is 5.20. The van der Waals surface area contributed by atoms with Crippen LogP contribution in [0.1, 0.15) is 13.5 Å². The van der Waals surface area contributed by atoms with E-state index in [0.29, 0.717) is 0 Å². The standard InChI is InChI=1S/C10H13F2N3O4/c1-5(19-10(14)17)4-18-7-2-6(13)3-15(8(7)16)9(11)12/h2-3,5,9H,4,13H2,1H3,(H2,14,17). The SMILES string of the molecule is CC(COc1cc(N)cn(C(F)F)c1=O)OC(N)=O. The highest BCUT2D eigenvalue weighted by Gasteiger charge is 2.15. The lowest BCUT2D eigenvalue weighted by atomic mass is 10.4. The Kier molecular flexibility index (Phi) is 4.67. The van der Waals surface area contributed by atoms with E-state index >= 15 is 0 Å². The van der Waals surface area contributed by atoms with Gasteiger partial charge >= 0.3 is 12.6 Å². The predicted molar refractivity (Wildman–Crippen MR) is 62.0 cm³/mol. The molecule has 19 heavy (non-hydrogen) atoms. The summed E-state index contributed by atoms with van der Waals surface area (Å²) in [4.78, 5) is 22.0. The molecular weight excluding hydrogens is 264 g/mol. The van der Waals surface area contributed by atoms with Gasteiger partial charge in [0.05, 0.1) is 5.69 Å².